The highest BCUT2D eigenvalue weighted by atomic mass is 32.2. The van der Waals surface area contributed by atoms with Crippen LogP contribution in [0.15, 0.2) is 23.4 Å². The first-order chi connectivity index (χ1) is 9.55. The van der Waals surface area contributed by atoms with Crippen molar-refractivity contribution in [1.29, 1.82) is 0 Å². The minimum Gasteiger partial charge on any atom is -0.383 e. The molecule has 0 radical (unpaired) electrons. The fourth-order valence-corrected chi connectivity index (χ4v) is 2.77. The minimum atomic E-state index is -3.70. The van der Waals surface area contributed by atoms with Gasteiger partial charge >= 0.3 is 0 Å². The maximum Gasteiger partial charge on any atom is 0.260 e. The number of aromatic nitrogens is 1. The minimum absolute atomic E-state index is 0.0193. The van der Waals surface area contributed by atoms with Gasteiger partial charge in [-0.3, -0.25) is 0 Å². The zero-order valence-corrected chi connectivity index (χ0v) is 12.7. The lowest BCUT2D eigenvalue weighted by Gasteiger charge is -2.16. The van der Waals surface area contributed by atoms with Gasteiger partial charge in [-0.2, -0.15) is 0 Å². The lowest BCUT2D eigenvalue weighted by atomic mass is 10.4. The molecular formula is C12H21N3O4S. The van der Waals surface area contributed by atoms with Crippen LogP contribution in [-0.4, -0.2) is 53.4 Å². The molecule has 8 heteroatoms. The first-order valence-electron chi connectivity index (χ1n) is 6.25. The fourth-order valence-electron chi connectivity index (χ4n) is 1.60. The zero-order valence-electron chi connectivity index (χ0n) is 11.9. The lowest BCUT2D eigenvalue weighted by Crippen LogP contribution is -2.36. The van der Waals surface area contributed by atoms with Crippen LogP contribution in [0, 0.1) is 0 Å². The largest absolute Gasteiger partial charge is 0.383 e. The molecule has 0 saturated carbocycles. The summed E-state index contributed by atoms with van der Waals surface area (Å²) >= 11 is 0. The van der Waals surface area contributed by atoms with Crippen molar-refractivity contribution in [2.75, 3.05) is 39.2 Å². The van der Waals surface area contributed by atoms with E-state index in [1.165, 1.54) is 20.4 Å². The summed E-state index contributed by atoms with van der Waals surface area (Å²) in [6, 6.07) is 3.36. The van der Waals surface area contributed by atoms with E-state index in [2.05, 4.69) is 15.0 Å². The number of ether oxygens (including phenoxy) is 2. The third-order valence-electron chi connectivity index (χ3n) is 2.58. The molecule has 0 fully saturated rings. The Kier molecular flexibility index (Phi) is 6.86. The van der Waals surface area contributed by atoms with Crippen LogP contribution in [0.4, 0.5) is 5.69 Å². The summed E-state index contributed by atoms with van der Waals surface area (Å²) in [6.45, 7) is 2.92. The number of hydrogen-bond donors (Lipinski definition) is 2. The highest BCUT2D eigenvalue weighted by Crippen LogP contribution is 2.17. The predicted octanol–water partition coefficient (Wildman–Crippen LogP) is 0.453. The molecule has 2 N–H and O–H groups in total. The maximum absolute atomic E-state index is 12.2. The van der Waals surface area contributed by atoms with Crippen molar-refractivity contribution in [3.8, 4) is 0 Å². The number of anilines is 1. The second-order valence-corrected chi connectivity index (χ2v) is 5.73. The van der Waals surface area contributed by atoms with Crippen LogP contribution in [-0.2, 0) is 19.5 Å². The molecule has 7 nitrogen and oxygen atoms in total. The van der Waals surface area contributed by atoms with E-state index in [1.807, 2.05) is 6.92 Å². The number of nitrogens with zero attached hydrogens (tertiary/aromatic N) is 1. The number of hydrogen-bond acceptors (Lipinski definition) is 6. The van der Waals surface area contributed by atoms with Crippen molar-refractivity contribution in [3.05, 3.63) is 18.3 Å². The molecule has 0 bridgehead atoms. The Morgan fingerprint density at radius 2 is 2.15 bits per heavy atom. The van der Waals surface area contributed by atoms with E-state index >= 15 is 0 Å². The number of sulfonamides is 1. The van der Waals surface area contributed by atoms with Gasteiger partial charge in [-0.1, -0.05) is 0 Å². The Labute approximate surface area is 119 Å². The van der Waals surface area contributed by atoms with Gasteiger partial charge in [0.1, 0.15) is 0 Å². The molecule has 1 heterocycles. The van der Waals surface area contributed by atoms with Crippen LogP contribution in [0.2, 0.25) is 0 Å². The lowest BCUT2D eigenvalue weighted by molar-refractivity contribution is 0.0320. The van der Waals surface area contributed by atoms with Gasteiger partial charge in [0, 0.05) is 33.5 Å². The SMILES string of the molecule is CCNc1cccnc1S(=O)(=O)NCC(COC)OC. The van der Waals surface area contributed by atoms with Crippen molar-refractivity contribution in [1.82, 2.24) is 9.71 Å². The van der Waals surface area contributed by atoms with Gasteiger partial charge in [-0.25, -0.2) is 18.1 Å². The quantitative estimate of drug-likeness (QED) is 0.688. The van der Waals surface area contributed by atoms with Crippen molar-refractivity contribution < 1.29 is 17.9 Å². The Morgan fingerprint density at radius 1 is 1.40 bits per heavy atom. The van der Waals surface area contributed by atoms with Gasteiger partial charge < -0.3 is 14.8 Å². The van der Waals surface area contributed by atoms with E-state index in [4.69, 9.17) is 9.47 Å². The predicted molar refractivity (Wildman–Crippen MR) is 76.3 cm³/mol. The number of methoxy groups -OCH3 is 2. The number of nitrogens with one attached hydrogen (secondary N) is 2. The fraction of sp³-hybridized carbons (Fsp3) is 0.583. The Hall–Kier alpha value is -1.22. The summed E-state index contributed by atoms with van der Waals surface area (Å²) in [7, 11) is -0.663. The van der Waals surface area contributed by atoms with Crippen molar-refractivity contribution >= 4 is 15.7 Å². The molecule has 114 valence electrons. The van der Waals surface area contributed by atoms with Crippen molar-refractivity contribution in [2.45, 2.75) is 18.1 Å². The van der Waals surface area contributed by atoms with Crippen LogP contribution in [0.3, 0.4) is 0 Å². The summed E-state index contributed by atoms with van der Waals surface area (Å²) in [5.74, 6) is 0. The third-order valence-corrected chi connectivity index (χ3v) is 3.96. The standard InChI is InChI=1S/C12H21N3O4S/c1-4-13-11-6-5-7-14-12(11)20(16,17)15-8-10(19-3)9-18-2/h5-7,10,13,15H,4,8-9H2,1-3H3. The Bertz CT molecular complexity index is 507. The van der Waals surface area contributed by atoms with Crippen LogP contribution in [0.25, 0.3) is 0 Å². The second-order valence-electron chi connectivity index (χ2n) is 4.05. The normalized spacial score (nSPS) is 13.2. The van der Waals surface area contributed by atoms with Crippen molar-refractivity contribution in [2.24, 2.45) is 0 Å². The summed E-state index contributed by atoms with van der Waals surface area (Å²) in [5, 5.41) is 2.95. The van der Waals surface area contributed by atoms with E-state index in [0.29, 0.717) is 18.8 Å². The average molecular weight is 303 g/mol. The summed E-state index contributed by atoms with van der Waals surface area (Å²) in [4.78, 5) is 3.93. The number of pyridine rings is 1. The zero-order chi connectivity index (χ0) is 15.0. The molecule has 0 spiro atoms. The molecule has 0 aliphatic heterocycles. The van der Waals surface area contributed by atoms with Gasteiger partial charge in [0.15, 0.2) is 5.03 Å². The van der Waals surface area contributed by atoms with Crippen LogP contribution in [0.1, 0.15) is 6.92 Å². The molecule has 1 aromatic rings. The van der Waals surface area contributed by atoms with Crippen molar-refractivity contribution in [3.63, 3.8) is 0 Å². The molecule has 0 aliphatic carbocycles. The first-order valence-corrected chi connectivity index (χ1v) is 7.73. The second kappa shape index (κ2) is 8.15. The molecule has 1 aromatic heterocycles. The highest BCUT2D eigenvalue weighted by molar-refractivity contribution is 7.89. The van der Waals surface area contributed by atoms with Gasteiger partial charge in [0.2, 0.25) is 0 Å². The van der Waals surface area contributed by atoms with Crippen LogP contribution >= 0.6 is 0 Å². The Morgan fingerprint density at radius 3 is 2.75 bits per heavy atom. The summed E-state index contributed by atoms with van der Waals surface area (Å²) < 4.78 is 37.0. The van der Waals surface area contributed by atoms with Gasteiger partial charge in [0.05, 0.1) is 18.4 Å². The highest BCUT2D eigenvalue weighted by Gasteiger charge is 2.21. The van der Waals surface area contributed by atoms with Gasteiger partial charge in [0.25, 0.3) is 10.0 Å². The first kappa shape index (κ1) is 16.8. The smallest absolute Gasteiger partial charge is 0.260 e. The molecular weight excluding hydrogens is 282 g/mol. The van der Waals surface area contributed by atoms with E-state index < -0.39 is 10.0 Å². The van der Waals surface area contributed by atoms with Gasteiger partial charge in [-0.05, 0) is 19.1 Å². The molecule has 1 rings (SSSR count). The average Bonchev–Trinajstić information content (AvgIpc) is 2.44. The third kappa shape index (κ3) is 4.71. The number of rotatable bonds is 9. The molecule has 0 aromatic carbocycles. The monoisotopic (exact) mass is 303 g/mol. The molecule has 20 heavy (non-hydrogen) atoms. The van der Waals surface area contributed by atoms with Crippen LogP contribution < -0.4 is 10.0 Å². The summed E-state index contributed by atoms with van der Waals surface area (Å²) in [5.41, 5.74) is 0.475. The van der Waals surface area contributed by atoms with Crippen LogP contribution in [0.5, 0.6) is 0 Å². The maximum atomic E-state index is 12.2. The molecule has 0 saturated heterocycles. The van der Waals surface area contributed by atoms with E-state index in [-0.39, 0.29) is 17.7 Å². The molecule has 0 amide bonds. The molecule has 1 unspecified atom stereocenters. The topological polar surface area (TPSA) is 89.6 Å². The molecule has 0 aliphatic rings. The van der Waals surface area contributed by atoms with E-state index in [0.717, 1.165) is 0 Å². The van der Waals surface area contributed by atoms with Gasteiger partial charge in [-0.15, -0.1) is 0 Å². The molecule has 1 atom stereocenters. The van der Waals surface area contributed by atoms with E-state index in [1.54, 1.807) is 12.1 Å². The Balaban J connectivity index is 2.83. The van der Waals surface area contributed by atoms with E-state index in [9.17, 15) is 8.42 Å². The summed E-state index contributed by atoms with van der Waals surface area (Å²) in [6.07, 6.45) is 1.10.